The van der Waals surface area contributed by atoms with Crippen molar-refractivity contribution < 1.29 is 27.2 Å². The minimum atomic E-state index is -4.97. The molecule has 1 heterocycles. The van der Waals surface area contributed by atoms with Crippen LogP contribution in [0.2, 0.25) is 5.02 Å². The van der Waals surface area contributed by atoms with Gasteiger partial charge in [-0.3, -0.25) is 9.59 Å². The zero-order valence-corrected chi connectivity index (χ0v) is 18.5. The maximum atomic E-state index is 14.3. The number of halogens is 6. The molecule has 0 bridgehead atoms. The molecule has 0 spiro atoms. The van der Waals surface area contributed by atoms with Gasteiger partial charge in [0.1, 0.15) is 11.7 Å². The summed E-state index contributed by atoms with van der Waals surface area (Å²) < 4.78 is 56.3. The number of carbonyl (C=O) groups excluding carboxylic acids is 2. The lowest BCUT2D eigenvalue weighted by Gasteiger charge is -2.37. The molecule has 1 fully saturated rings. The standard InChI is InChI=1S/C20H16BrClF4N4O2/c21-11-5-8(1-4-13(11)23)16(20(24,25)26)19(18(27)32)29-14-6-10(12(22)7-15(14)30-19)17(31)28-9-2-3-9/h1,4-7,9,16,29-30H,2-3H2,(H2,27,32)(H,28,31). The molecule has 1 aliphatic carbocycles. The molecule has 32 heavy (non-hydrogen) atoms. The third-order valence-corrected chi connectivity index (χ3v) is 6.27. The lowest BCUT2D eigenvalue weighted by molar-refractivity contribution is -0.166. The Bertz CT molecular complexity index is 1130. The van der Waals surface area contributed by atoms with Gasteiger partial charge in [-0.05, 0) is 58.6 Å². The van der Waals surface area contributed by atoms with Crippen LogP contribution < -0.4 is 21.7 Å². The van der Waals surface area contributed by atoms with E-state index in [2.05, 4.69) is 31.9 Å². The maximum Gasteiger partial charge on any atom is 0.400 e. The van der Waals surface area contributed by atoms with Crippen LogP contribution in [0.3, 0.4) is 0 Å². The van der Waals surface area contributed by atoms with E-state index in [1.54, 1.807) is 0 Å². The van der Waals surface area contributed by atoms with Crippen LogP contribution in [0.4, 0.5) is 28.9 Å². The fourth-order valence-corrected chi connectivity index (χ4v) is 4.33. The van der Waals surface area contributed by atoms with Crippen molar-refractivity contribution in [3.63, 3.8) is 0 Å². The molecule has 6 nitrogen and oxygen atoms in total. The molecule has 170 valence electrons. The summed E-state index contributed by atoms with van der Waals surface area (Å²) in [5, 5.41) is 7.78. The van der Waals surface area contributed by atoms with Crippen LogP contribution in [0.15, 0.2) is 34.8 Å². The minimum Gasteiger partial charge on any atom is -0.366 e. The van der Waals surface area contributed by atoms with Gasteiger partial charge in [0.2, 0.25) is 5.66 Å². The molecule has 2 aromatic carbocycles. The first-order valence-electron chi connectivity index (χ1n) is 9.44. The van der Waals surface area contributed by atoms with Gasteiger partial charge in [0.15, 0.2) is 0 Å². The average molecular weight is 536 g/mol. The van der Waals surface area contributed by atoms with Crippen molar-refractivity contribution in [1.82, 2.24) is 5.32 Å². The first kappa shape index (κ1) is 22.7. The highest BCUT2D eigenvalue weighted by molar-refractivity contribution is 9.10. The van der Waals surface area contributed by atoms with Crippen LogP contribution in [0.25, 0.3) is 0 Å². The van der Waals surface area contributed by atoms with Crippen molar-refractivity contribution in [3.8, 4) is 0 Å². The van der Waals surface area contributed by atoms with Gasteiger partial charge >= 0.3 is 6.18 Å². The second-order valence-corrected chi connectivity index (χ2v) is 8.96. The van der Waals surface area contributed by atoms with Gasteiger partial charge in [0.25, 0.3) is 11.8 Å². The lowest BCUT2D eigenvalue weighted by atomic mass is 9.84. The molecule has 0 aromatic heterocycles. The average Bonchev–Trinajstić information content (AvgIpc) is 3.41. The van der Waals surface area contributed by atoms with Crippen molar-refractivity contribution in [2.24, 2.45) is 5.73 Å². The van der Waals surface area contributed by atoms with Crippen LogP contribution in [-0.4, -0.2) is 29.7 Å². The largest absolute Gasteiger partial charge is 0.400 e. The number of benzene rings is 2. The molecule has 2 amide bonds. The summed E-state index contributed by atoms with van der Waals surface area (Å²) in [5.74, 6) is -5.10. The molecule has 1 saturated carbocycles. The highest BCUT2D eigenvalue weighted by Gasteiger charge is 2.60. The number of anilines is 2. The van der Waals surface area contributed by atoms with E-state index < -0.39 is 41.0 Å². The number of rotatable bonds is 5. The summed E-state index contributed by atoms with van der Waals surface area (Å²) in [7, 11) is 0. The molecule has 4 rings (SSSR count). The molecule has 2 aliphatic rings. The number of alkyl halides is 3. The molecular formula is C20H16BrClF4N4O2. The van der Waals surface area contributed by atoms with E-state index in [0.717, 1.165) is 31.0 Å². The number of hydrogen-bond donors (Lipinski definition) is 4. The van der Waals surface area contributed by atoms with Crippen LogP contribution in [0, 0.1) is 5.82 Å². The second kappa shape index (κ2) is 7.80. The highest BCUT2D eigenvalue weighted by atomic mass is 79.9. The smallest absolute Gasteiger partial charge is 0.366 e. The number of nitrogens with two attached hydrogens (primary N) is 1. The van der Waals surface area contributed by atoms with Crippen LogP contribution in [-0.2, 0) is 4.79 Å². The van der Waals surface area contributed by atoms with E-state index in [1.807, 2.05) is 0 Å². The molecule has 12 heteroatoms. The van der Waals surface area contributed by atoms with Crippen molar-refractivity contribution in [3.05, 3.63) is 56.8 Å². The monoisotopic (exact) mass is 534 g/mol. The molecule has 5 N–H and O–H groups in total. The van der Waals surface area contributed by atoms with E-state index in [1.165, 1.54) is 12.1 Å². The predicted molar refractivity (Wildman–Crippen MR) is 114 cm³/mol. The summed E-state index contributed by atoms with van der Waals surface area (Å²) in [5.41, 5.74) is 2.66. The number of hydrogen-bond acceptors (Lipinski definition) is 4. The predicted octanol–water partition coefficient (Wildman–Crippen LogP) is 4.50. The number of fused-ring (bicyclic) bond motifs is 1. The Morgan fingerprint density at radius 2 is 1.81 bits per heavy atom. The molecular weight excluding hydrogens is 520 g/mol. The van der Waals surface area contributed by atoms with E-state index in [4.69, 9.17) is 17.3 Å². The Morgan fingerprint density at radius 1 is 1.19 bits per heavy atom. The Kier molecular flexibility index (Phi) is 5.52. The molecule has 0 saturated heterocycles. The van der Waals surface area contributed by atoms with E-state index >= 15 is 0 Å². The Morgan fingerprint density at radius 3 is 2.34 bits per heavy atom. The van der Waals surface area contributed by atoms with E-state index in [-0.39, 0.29) is 32.5 Å². The summed E-state index contributed by atoms with van der Waals surface area (Å²) >= 11 is 9.06. The summed E-state index contributed by atoms with van der Waals surface area (Å²) in [6, 6.07) is 5.27. The zero-order chi connectivity index (χ0) is 23.4. The van der Waals surface area contributed by atoms with E-state index in [0.29, 0.717) is 0 Å². The Balaban J connectivity index is 1.78. The van der Waals surface area contributed by atoms with Gasteiger partial charge < -0.3 is 21.7 Å². The van der Waals surface area contributed by atoms with Crippen LogP contribution in [0.5, 0.6) is 0 Å². The van der Waals surface area contributed by atoms with Crippen molar-refractivity contribution in [2.75, 3.05) is 10.6 Å². The fraction of sp³-hybridized carbons (Fsp3) is 0.300. The van der Waals surface area contributed by atoms with Gasteiger partial charge in [0, 0.05) is 6.04 Å². The molecule has 2 aromatic rings. The van der Waals surface area contributed by atoms with Crippen molar-refractivity contribution >= 4 is 50.7 Å². The third kappa shape index (κ3) is 3.99. The number of amides is 2. The number of nitrogens with one attached hydrogen (secondary N) is 3. The van der Waals surface area contributed by atoms with E-state index in [9.17, 15) is 27.2 Å². The Hall–Kier alpha value is -2.53. The molecule has 2 atom stereocenters. The van der Waals surface area contributed by atoms with Gasteiger partial charge in [-0.25, -0.2) is 4.39 Å². The highest BCUT2D eigenvalue weighted by Crippen LogP contribution is 2.50. The number of primary amides is 1. The van der Waals surface area contributed by atoms with Crippen LogP contribution in [0.1, 0.15) is 34.7 Å². The van der Waals surface area contributed by atoms with Gasteiger partial charge in [0.05, 0.1) is 26.4 Å². The summed E-state index contributed by atoms with van der Waals surface area (Å²) in [4.78, 5) is 24.9. The van der Waals surface area contributed by atoms with Crippen molar-refractivity contribution in [2.45, 2.75) is 36.6 Å². The maximum absolute atomic E-state index is 14.3. The summed E-state index contributed by atoms with van der Waals surface area (Å²) in [6.07, 6.45) is -3.30. The SMILES string of the molecule is NC(=O)C1(C(c2ccc(F)c(Br)c2)C(F)(F)F)Nc2cc(Cl)c(C(=O)NC3CC3)cc2N1. The zero-order valence-electron chi connectivity index (χ0n) is 16.1. The Labute approximate surface area is 193 Å². The topological polar surface area (TPSA) is 96.2 Å². The third-order valence-electron chi connectivity index (χ3n) is 5.35. The first-order chi connectivity index (χ1) is 14.9. The first-order valence-corrected chi connectivity index (χ1v) is 10.6. The molecule has 1 aliphatic heterocycles. The van der Waals surface area contributed by atoms with Gasteiger partial charge in [-0.1, -0.05) is 17.7 Å². The fourth-order valence-electron chi connectivity index (χ4n) is 3.69. The van der Waals surface area contributed by atoms with Gasteiger partial charge in [-0.15, -0.1) is 0 Å². The van der Waals surface area contributed by atoms with Crippen LogP contribution >= 0.6 is 27.5 Å². The second-order valence-electron chi connectivity index (χ2n) is 7.70. The minimum absolute atomic E-state index is 0.00967. The van der Waals surface area contributed by atoms with Crippen molar-refractivity contribution in [1.29, 1.82) is 0 Å². The normalized spacial score (nSPS) is 20.7. The quantitative estimate of drug-likeness (QED) is 0.424. The number of carbonyl (C=O) groups is 2. The molecule has 0 radical (unpaired) electrons. The summed E-state index contributed by atoms with van der Waals surface area (Å²) in [6.45, 7) is 0. The lowest BCUT2D eigenvalue weighted by Crippen LogP contribution is -2.61. The van der Waals surface area contributed by atoms with Gasteiger partial charge in [-0.2, -0.15) is 13.2 Å². The molecule has 2 unspecified atom stereocenters.